The molecule has 688 valence electrons. The molecule has 0 bridgehead atoms. The Hall–Kier alpha value is -9.83. The largest absolute Gasteiger partial charge is 0.480 e. The first-order valence-corrected chi connectivity index (χ1v) is 44.9. The number of carbonyl (C=O) groups is 15. The quantitative estimate of drug-likeness (QED) is 0.0340. The van der Waals surface area contributed by atoms with Crippen molar-refractivity contribution in [3.8, 4) is 0 Å². The minimum absolute atomic E-state index is 0.0138. The highest BCUT2D eigenvalue weighted by Gasteiger charge is 2.64. The normalized spacial score (nSPS) is 24.1. The second-order valence-electron chi connectivity index (χ2n) is 35.8. The maximum atomic E-state index is 14.7. The first kappa shape index (κ1) is 99.6. The van der Waals surface area contributed by atoms with Crippen molar-refractivity contribution in [3.63, 3.8) is 0 Å². The summed E-state index contributed by atoms with van der Waals surface area (Å²) < 4.78 is 0. The standard InChI is InChI=1S/C85H133N19O19S/c1-48(2)34-64(81(121)97-62(77(87)117)23-33-124-9)98-82(122)66(37-55-40-88-47-92-55)96-71(109)42-91-83(123)76(49(3)4)100-78(118)51(6)93-80(120)65(35-52-39-89-61-13-11-10-12-56(52)61)99-79(119)63(19-20-68(86)106)95-69(107)21-14-50(5)58-17-18-59-57-16-15-53-36-54(22-24-84(53,7)60(57)38-67(105)85(58,59)8)94-70(108)41-90-72(110)43-101-25-27-102(44-73(111)112)29-31-104(46-75(115)116)32-30-103(28-26-101)45-74(113)114/h10-13,39-40,47-51,53-54,57-60,62-67,76,89,105H,14-38,41-46H2,1-9H3,(H2,86,106)(H2,87,117)(H,88,92)(H,90,110)(H,91,123)(H,93,120)(H,94,108)(H,95,107)(H,96,109)(H,97,121)(H,98,122)(H,99,119)(H,100,118)(H,111,112)(H,113,114)(H,115,116)/t50?,51-,53?,54-,57?,58+,59?,60?,62-,63-,64-,65-,66-,67-,76-,84-,85+/m0/s1. The minimum Gasteiger partial charge on any atom is -0.480 e. The number of benzene rings is 1. The summed E-state index contributed by atoms with van der Waals surface area (Å²) in [4.78, 5) is 217. The van der Waals surface area contributed by atoms with E-state index in [1.165, 1.54) is 31.2 Å². The van der Waals surface area contributed by atoms with Crippen LogP contribution in [0.15, 0.2) is 43.0 Å². The third-order valence-corrected chi connectivity index (χ3v) is 26.9. The van der Waals surface area contributed by atoms with Gasteiger partial charge in [0.25, 0.3) is 0 Å². The highest BCUT2D eigenvalue weighted by atomic mass is 32.2. The number of carbonyl (C=O) groups excluding carboxylic acids is 12. The number of rotatable bonds is 44. The van der Waals surface area contributed by atoms with Gasteiger partial charge in [0.05, 0.1) is 51.7 Å². The number of para-hydroxylation sites is 1. The molecule has 3 aromatic rings. The Bertz CT molecular complexity index is 4160. The van der Waals surface area contributed by atoms with Crippen LogP contribution in [0.2, 0.25) is 0 Å². The van der Waals surface area contributed by atoms with Crippen LogP contribution >= 0.6 is 11.8 Å². The number of imidazole rings is 1. The molecule has 124 heavy (non-hydrogen) atoms. The van der Waals surface area contributed by atoms with Crippen LogP contribution in [0, 0.1) is 58.2 Å². The molecule has 5 fully saturated rings. The van der Waals surface area contributed by atoms with Crippen molar-refractivity contribution in [1.29, 1.82) is 0 Å². The summed E-state index contributed by atoms with van der Waals surface area (Å²) in [6.45, 7) is 14.9. The van der Waals surface area contributed by atoms with Gasteiger partial charge in [0.1, 0.15) is 42.3 Å². The van der Waals surface area contributed by atoms with E-state index in [1.807, 2.05) is 38.3 Å². The third-order valence-electron chi connectivity index (χ3n) is 26.3. The molecule has 3 heterocycles. The molecule has 0 radical (unpaired) electrons. The predicted octanol–water partition coefficient (Wildman–Crippen LogP) is -0.466. The number of carboxylic acids is 3. The van der Waals surface area contributed by atoms with Gasteiger partial charge in [-0.3, -0.25) is 91.5 Å². The summed E-state index contributed by atoms with van der Waals surface area (Å²) in [5.41, 5.74) is 12.5. The molecule has 12 amide bonds. The molecule has 1 saturated heterocycles. The van der Waals surface area contributed by atoms with E-state index in [2.05, 4.69) is 88.9 Å². The number of primary amides is 2. The van der Waals surface area contributed by atoms with Crippen LogP contribution in [0.1, 0.15) is 157 Å². The number of nitrogens with zero attached hydrogens (tertiary/aromatic N) is 5. The Kier molecular flexibility index (Phi) is 37.7. The summed E-state index contributed by atoms with van der Waals surface area (Å²) >= 11 is 1.46. The topological polar surface area (TPSA) is 567 Å². The van der Waals surface area contributed by atoms with Crippen LogP contribution in [-0.4, -0.2) is 302 Å². The van der Waals surface area contributed by atoms with Gasteiger partial charge in [-0.15, -0.1) is 0 Å². The van der Waals surface area contributed by atoms with E-state index in [0.29, 0.717) is 42.2 Å². The van der Waals surface area contributed by atoms with Gasteiger partial charge in [0, 0.05) is 113 Å². The molecule has 5 unspecified atom stereocenters. The maximum Gasteiger partial charge on any atom is 0.317 e. The Morgan fingerprint density at radius 3 is 1.73 bits per heavy atom. The van der Waals surface area contributed by atoms with E-state index in [1.54, 1.807) is 45.7 Å². The van der Waals surface area contributed by atoms with Crippen molar-refractivity contribution in [2.45, 2.75) is 213 Å². The molecule has 4 saturated carbocycles. The molecule has 5 aliphatic rings. The molecule has 1 aliphatic heterocycles. The zero-order valence-electron chi connectivity index (χ0n) is 73.0. The van der Waals surface area contributed by atoms with Gasteiger partial charge in [-0.1, -0.05) is 66.7 Å². The van der Waals surface area contributed by atoms with Crippen molar-refractivity contribution >= 4 is 111 Å². The number of fused-ring (bicyclic) bond motifs is 6. The SMILES string of the molecule is CSCC[C@H](NC(=O)[C@H](CC(C)C)NC(=O)[C@H](Cc1cnc[nH]1)NC(=O)CNC(=O)[C@@H](NC(=O)[C@H](C)NC(=O)[C@H](Cc1c[nH]c2ccccc12)NC(=O)[C@H](CCC(N)=O)NC(=O)CCC(C)[C@H]1CCC2C3CCC4C[C@@H](NC(=O)CNC(=O)CN5CCN(CC(=O)O)CCN(CC(=O)O)CCN(CC(=O)O)CC5)CC[C@]4(C)C3C[C@H](O)[C@@]21C)C(C)C)C(N)=O. The average Bonchev–Trinajstić information content (AvgIpc) is 1.49. The van der Waals surface area contributed by atoms with Crippen molar-refractivity contribution < 1.29 is 92.3 Å². The van der Waals surface area contributed by atoms with Crippen LogP contribution in [0.5, 0.6) is 0 Å². The van der Waals surface area contributed by atoms with Crippen molar-refractivity contribution in [2.24, 2.45) is 69.6 Å². The van der Waals surface area contributed by atoms with E-state index >= 15 is 0 Å². The number of amides is 12. The lowest BCUT2D eigenvalue weighted by Crippen LogP contribution is -2.59. The zero-order valence-corrected chi connectivity index (χ0v) is 73.8. The van der Waals surface area contributed by atoms with Crippen molar-refractivity contribution in [2.75, 3.05) is 104 Å². The monoisotopic (exact) mass is 1760 g/mol. The van der Waals surface area contributed by atoms with Crippen LogP contribution in [0.4, 0.5) is 0 Å². The summed E-state index contributed by atoms with van der Waals surface area (Å²) in [5, 5.41) is 69.5. The van der Waals surface area contributed by atoms with Gasteiger partial charge >= 0.3 is 17.9 Å². The minimum atomic E-state index is -1.40. The number of aliphatic carboxylic acids is 3. The smallest absolute Gasteiger partial charge is 0.317 e. The number of H-pyrrole nitrogens is 2. The molecule has 39 heteroatoms. The molecular formula is C85H133N19O19S. The average molecular weight is 1760 g/mol. The van der Waals surface area contributed by atoms with Crippen LogP contribution in [-0.2, 0) is 84.8 Å². The number of hydrogen-bond donors (Lipinski definition) is 18. The van der Waals surface area contributed by atoms with E-state index in [0.717, 1.165) is 49.4 Å². The maximum absolute atomic E-state index is 14.7. The molecule has 4 aliphatic carbocycles. The van der Waals surface area contributed by atoms with Gasteiger partial charge in [-0.2, -0.15) is 11.8 Å². The number of nitrogens with two attached hydrogens (primary N) is 2. The number of aromatic nitrogens is 3. The number of aliphatic hydroxyl groups excluding tert-OH is 1. The predicted molar refractivity (Wildman–Crippen MR) is 460 cm³/mol. The number of aromatic amines is 2. The van der Waals surface area contributed by atoms with Gasteiger partial charge in [-0.25, -0.2) is 4.98 Å². The van der Waals surface area contributed by atoms with Crippen LogP contribution in [0.25, 0.3) is 10.9 Å². The fourth-order valence-electron chi connectivity index (χ4n) is 19.5. The zero-order chi connectivity index (χ0) is 90.9. The first-order valence-electron chi connectivity index (χ1n) is 43.5. The Labute approximate surface area is 728 Å². The number of thioether (sulfide) groups is 1. The van der Waals surface area contributed by atoms with Crippen LogP contribution in [0.3, 0.4) is 0 Å². The summed E-state index contributed by atoms with van der Waals surface area (Å²) in [7, 11) is 0. The third kappa shape index (κ3) is 28.9. The van der Waals surface area contributed by atoms with E-state index in [4.69, 9.17) is 11.5 Å². The highest BCUT2D eigenvalue weighted by Crippen LogP contribution is 2.68. The lowest BCUT2D eigenvalue weighted by Gasteiger charge is -2.62. The lowest BCUT2D eigenvalue weighted by molar-refractivity contribution is -0.170. The molecule has 2 aromatic heterocycles. The highest BCUT2D eigenvalue weighted by molar-refractivity contribution is 7.98. The second kappa shape index (κ2) is 46.9. The summed E-state index contributed by atoms with van der Waals surface area (Å²) in [6.07, 6.45) is 12.3. The van der Waals surface area contributed by atoms with E-state index in [9.17, 15) is 92.3 Å². The Balaban J connectivity index is 0.836. The molecule has 1 aromatic carbocycles. The van der Waals surface area contributed by atoms with Gasteiger partial charge in [0.15, 0.2) is 0 Å². The van der Waals surface area contributed by atoms with E-state index < -0.39 is 149 Å². The Morgan fingerprint density at radius 1 is 0.565 bits per heavy atom. The fraction of sp³-hybridized carbons (Fsp3) is 0.694. The Morgan fingerprint density at radius 2 is 1.14 bits per heavy atom. The molecule has 20 N–H and O–H groups in total. The van der Waals surface area contributed by atoms with Crippen molar-refractivity contribution in [3.05, 3.63) is 54.2 Å². The van der Waals surface area contributed by atoms with E-state index in [-0.39, 0.29) is 183 Å². The number of hydrogen-bond acceptors (Lipinski definition) is 22. The van der Waals surface area contributed by atoms with Gasteiger partial charge in [-0.05, 0) is 166 Å². The molecule has 17 atom stereocenters. The fourth-order valence-corrected chi connectivity index (χ4v) is 20.0. The number of aliphatic hydroxyl groups is 1. The molecule has 38 nitrogen and oxygen atoms in total. The molecule has 8 rings (SSSR count). The van der Waals surface area contributed by atoms with Crippen molar-refractivity contribution in [1.82, 2.24) is 87.7 Å². The lowest BCUT2D eigenvalue weighted by atomic mass is 9.43. The molecule has 0 spiro atoms. The summed E-state index contributed by atoms with van der Waals surface area (Å²) in [6, 6.07) is -1.67. The second-order valence-corrected chi connectivity index (χ2v) is 36.8. The van der Waals surface area contributed by atoms with Gasteiger partial charge < -0.3 is 95.0 Å². The number of carboxylic acid groups (broad SMARTS) is 3. The molecular weight excluding hydrogens is 1620 g/mol. The summed E-state index contributed by atoms with van der Waals surface area (Å²) in [5.74, 6) is -10.5. The van der Waals surface area contributed by atoms with Crippen LogP contribution < -0.4 is 64.6 Å². The number of nitrogens with one attached hydrogen (secondary N) is 12. The van der Waals surface area contributed by atoms with Gasteiger partial charge in [0.2, 0.25) is 70.9 Å². The first-order chi connectivity index (χ1) is 58.7.